The van der Waals surface area contributed by atoms with Crippen LogP contribution in [0.15, 0.2) is 0 Å². The van der Waals surface area contributed by atoms with Gasteiger partial charge >= 0.3 is 0 Å². The lowest BCUT2D eigenvalue weighted by atomic mass is 9.69. The molecule has 0 nitrogen and oxygen atoms in total. The van der Waals surface area contributed by atoms with Crippen LogP contribution in [0.5, 0.6) is 0 Å². The van der Waals surface area contributed by atoms with Crippen molar-refractivity contribution in [3.05, 3.63) is 0 Å². The third-order valence-electron chi connectivity index (χ3n) is 12.1. The van der Waals surface area contributed by atoms with Crippen molar-refractivity contribution in [3.8, 4) is 0 Å². The van der Waals surface area contributed by atoms with E-state index in [1.165, 1.54) is 36.8 Å². The van der Waals surface area contributed by atoms with Gasteiger partial charge in [0.2, 0.25) is 0 Å². The molecule has 5 fully saturated rings. The molecule has 1 saturated heterocycles. The number of fused-ring (bicyclic) bond motifs is 2. The molecule has 5 aliphatic rings. The van der Waals surface area contributed by atoms with Crippen LogP contribution in [0.25, 0.3) is 0 Å². The van der Waals surface area contributed by atoms with Gasteiger partial charge in [-0.2, -0.15) is 0 Å². The highest BCUT2D eigenvalue weighted by Gasteiger charge is 2.64. The zero-order chi connectivity index (χ0) is 20.5. The lowest BCUT2D eigenvalue weighted by molar-refractivity contribution is 0.127. The summed E-state index contributed by atoms with van der Waals surface area (Å²) in [6.07, 6.45) is 12.5. The maximum absolute atomic E-state index is 2.74. The fraction of sp³-hybridized carbons (Fsp3) is 1.00. The predicted molar refractivity (Wildman–Crippen MR) is 129 cm³/mol. The topological polar surface area (TPSA) is 0 Å². The molecular weight excluding hydrogens is 364 g/mol. The van der Waals surface area contributed by atoms with Gasteiger partial charge in [0.1, 0.15) is 0 Å². The Kier molecular flexibility index (Phi) is 5.57. The molecule has 1 heterocycles. The van der Waals surface area contributed by atoms with Crippen LogP contribution in [0.2, 0.25) is 23.2 Å². The number of hydrogen-bond donors (Lipinski definition) is 0. The van der Waals surface area contributed by atoms with E-state index in [1.54, 1.807) is 37.8 Å². The molecule has 1 aliphatic heterocycles. The van der Waals surface area contributed by atoms with Crippen molar-refractivity contribution in [3.63, 3.8) is 0 Å². The van der Waals surface area contributed by atoms with E-state index in [4.69, 9.17) is 0 Å². The van der Waals surface area contributed by atoms with Gasteiger partial charge in [0.05, 0.1) is 8.07 Å². The van der Waals surface area contributed by atoms with Gasteiger partial charge in [0.25, 0.3) is 0 Å². The zero-order valence-corrected chi connectivity index (χ0v) is 21.5. The summed E-state index contributed by atoms with van der Waals surface area (Å²) in [4.78, 5) is 0. The second-order valence-corrected chi connectivity index (χ2v) is 18.3. The average molecular weight is 415 g/mol. The third-order valence-corrected chi connectivity index (χ3v) is 19.3. The molecule has 0 aromatic carbocycles. The molecule has 12 unspecified atom stereocenters. The summed E-state index contributed by atoms with van der Waals surface area (Å²) in [6, 6.07) is 3.46. The van der Waals surface area contributed by atoms with E-state index in [-0.39, 0.29) is 0 Å². The van der Waals surface area contributed by atoms with Crippen LogP contribution < -0.4 is 0 Å². The molecule has 166 valence electrons. The molecule has 4 aliphatic carbocycles. The van der Waals surface area contributed by atoms with E-state index in [9.17, 15) is 0 Å². The maximum Gasteiger partial charge on any atom is 0.0609 e. The molecule has 0 N–H and O–H groups in total. The Hall–Kier alpha value is 0.217. The Bertz CT molecular complexity index is 545. The van der Waals surface area contributed by atoms with E-state index in [0.29, 0.717) is 0 Å². The minimum atomic E-state index is -1.25. The molecule has 0 aromatic heterocycles. The summed E-state index contributed by atoms with van der Waals surface area (Å²) in [5.41, 5.74) is 2.37. The van der Waals surface area contributed by atoms with Crippen molar-refractivity contribution < 1.29 is 0 Å². The van der Waals surface area contributed by atoms with Crippen LogP contribution in [0.1, 0.15) is 92.9 Å². The number of rotatable bonds is 2. The lowest BCUT2D eigenvalue weighted by Crippen LogP contribution is -2.51. The first-order valence-corrected chi connectivity index (χ1v) is 16.4. The number of hydrogen-bond acceptors (Lipinski definition) is 0. The molecular formula is C28H50Si. The fourth-order valence-electron chi connectivity index (χ4n) is 11.2. The van der Waals surface area contributed by atoms with Crippen LogP contribution in [-0.2, 0) is 0 Å². The molecule has 0 spiro atoms. The highest BCUT2D eigenvalue weighted by Crippen LogP contribution is 2.70. The normalized spacial score (nSPS) is 56.9. The van der Waals surface area contributed by atoms with Gasteiger partial charge in [0.15, 0.2) is 0 Å². The van der Waals surface area contributed by atoms with Crippen molar-refractivity contribution in [2.75, 3.05) is 0 Å². The summed E-state index contributed by atoms with van der Waals surface area (Å²) in [7, 11) is -1.25. The van der Waals surface area contributed by atoms with Gasteiger partial charge < -0.3 is 0 Å². The quantitative estimate of drug-likeness (QED) is 0.396. The summed E-state index contributed by atoms with van der Waals surface area (Å²) in [5, 5.41) is 0. The van der Waals surface area contributed by atoms with Gasteiger partial charge in [0, 0.05) is 0 Å². The maximum atomic E-state index is 2.74. The molecule has 5 rings (SSSR count). The van der Waals surface area contributed by atoms with E-state index in [2.05, 4.69) is 41.5 Å². The molecule has 1 heteroatoms. The summed E-state index contributed by atoms with van der Waals surface area (Å²) in [6.45, 7) is 16.1. The van der Waals surface area contributed by atoms with Crippen molar-refractivity contribution in [1.29, 1.82) is 0 Å². The lowest BCUT2D eigenvalue weighted by Gasteiger charge is -2.53. The Morgan fingerprint density at radius 2 is 0.862 bits per heavy atom. The Balaban J connectivity index is 1.55. The summed E-state index contributed by atoms with van der Waals surface area (Å²) >= 11 is 0. The van der Waals surface area contributed by atoms with Crippen molar-refractivity contribution in [1.82, 2.24) is 0 Å². The van der Waals surface area contributed by atoms with Crippen LogP contribution >= 0.6 is 0 Å². The Morgan fingerprint density at radius 3 is 1.28 bits per heavy atom. The van der Waals surface area contributed by atoms with Crippen molar-refractivity contribution in [2.45, 2.75) is 116 Å². The Labute approximate surface area is 183 Å². The highest BCUT2D eigenvalue weighted by molar-refractivity contribution is 6.83. The van der Waals surface area contributed by atoms with Gasteiger partial charge in [-0.25, -0.2) is 0 Å². The van der Waals surface area contributed by atoms with E-state index < -0.39 is 8.07 Å². The second-order valence-electron chi connectivity index (χ2n) is 13.5. The monoisotopic (exact) mass is 414 g/mol. The van der Waals surface area contributed by atoms with Gasteiger partial charge in [-0.1, -0.05) is 92.2 Å². The smallest absolute Gasteiger partial charge is 0.0609 e. The molecule has 0 bridgehead atoms. The molecule has 0 aromatic rings. The fourth-order valence-corrected chi connectivity index (χ4v) is 20.3. The molecule has 12 atom stereocenters. The first-order chi connectivity index (χ1) is 13.8. The standard InChI is InChI=1S/C28H50Si/c1-17-9-11-19(3)25-23(17)15-21(5)27(25)29(13-7-8-14-29)28-22(6)16-24-18(2)10-12-20(4)26(24)28/h17-28H,7-16H2,1-6H3. The largest absolute Gasteiger partial charge is 0.0625 e. The summed E-state index contributed by atoms with van der Waals surface area (Å²) in [5.74, 6) is 10.5. The van der Waals surface area contributed by atoms with Crippen LogP contribution in [0.4, 0.5) is 0 Å². The third kappa shape index (κ3) is 3.09. The molecule has 0 radical (unpaired) electrons. The minimum absolute atomic E-state index is 1.01. The van der Waals surface area contributed by atoms with E-state index >= 15 is 0 Å². The second kappa shape index (κ2) is 7.67. The SMILES string of the molecule is CC1CCC(C)C2C1CC(C)C2[Si]1(C2C(C)CC3C(C)CCC(C)C32)CCCC1. The highest BCUT2D eigenvalue weighted by atomic mass is 28.3. The van der Waals surface area contributed by atoms with Gasteiger partial charge in [-0.15, -0.1) is 0 Å². The zero-order valence-electron chi connectivity index (χ0n) is 20.5. The average Bonchev–Trinajstić information content (AvgIpc) is 3.37. The molecule has 0 amide bonds. The van der Waals surface area contributed by atoms with Crippen molar-refractivity contribution >= 4 is 8.07 Å². The van der Waals surface area contributed by atoms with Crippen LogP contribution in [0.3, 0.4) is 0 Å². The predicted octanol–water partition coefficient (Wildman–Crippen LogP) is 8.65. The summed E-state index contributed by atoms with van der Waals surface area (Å²) < 4.78 is 0. The van der Waals surface area contributed by atoms with Crippen LogP contribution in [0, 0.1) is 59.2 Å². The van der Waals surface area contributed by atoms with Gasteiger partial charge in [-0.3, -0.25) is 0 Å². The first kappa shape index (κ1) is 21.1. The van der Waals surface area contributed by atoms with Gasteiger partial charge in [-0.05, 0) is 83.1 Å². The minimum Gasteiger partial charge on any atom is -0.0625 e. The Morgan fingerprint density at radius 1 is 0.483 bits per heavy atom. The van der Waals surface area contributed by atoms with E-state index in [0.717, 1.165) is 59.2 Å². The molecule has 4 saturated carbocycles. The van der Waals surface area contributed by atoms with Crippen molar-refractivity contribution in [2.24, 2.45) is 59.2 Å². The molecule has 29 heavy (non-hydrogen) atoms. The van der Waals surface area contributed by atoms with E-state index in [1.807, 2.05) is 0 Å². The first-order valence-electron chi connectivity index (χ1n) is 13.8. The van der Waals surface area contributed by atoms with Crippen LogP contribution in [-0.4, -0.2) is 8.07 Å².